The van der Waals surface area contributed by atoms with E-state index < -0.39 is 0 Å². The van der Waals surface area contributed by atoms with Crippen LogP contribution in [-0.2, 0) is 17.1 Å². The van der Waals surface area contributed by atoms with Gasteiger partial charge in [-0.1, -0.05) is 133 Å². The van der Waals surface area contributed by atoms with Crippen molar-refractivity contribution in [3.05, 3.63) is 30.3 Å². The zero-order valence-corrected chi connectivity index (χ0v) is 23.9. The van der Waals surface area contributed by atoms with Crippen LogP contribution in [0, 0.1) is 5.92 Å². The SMILES string of the molecule is C1CCCC1.CC(C1CCCC1P(C)c1ccccc1)P(C(C)(C)C)C(C)(C)C.[Fe]. The molecule has 4 atom stereocenters. The number of hydrogen-bond acceptors (Lipinski definition) is 0. The zero-order valence-electron chi connectivity index (χ0n) is 21.0. The van der Waals surface area contributed by atoms with Crippen LogP contribution in [-0.4, -0.2) is 28.3 Å². The summed E-state index contributed by atoms with van der Waals surface area (Å²) in [7, 11) is -0.0596. The molecule has 3 heteroatoms. The van der Waals surface area contributed by atoms with E-state index in [1.165, 1.54) is 51.4 Å². The fourth-order valence-electron chi connectivity index (χ4n) is 6.17. The van der Waals surface area contributed by atoms with Gasteiger partial charge < -0.3 is 0 Å². The third-order valence-corrected chi connectivity index (χ3v) is 13.8. The van der Waals surface area contributed by atoms with Gasteiger partial charge in [-0.25, -0.2) is 0 Å². The Kier molecular flexibility index (Phi) is 12.2. The van der Waals surface area contributed by atoms with Gasteiger partial charge in [0.25, 0.3) is 0 Å². The van der Waals surface area contributed by atoms with Gasteiger partial charge in [-0.3, -0.25) is 0 Å². The van der Waals surface area contributed by atoms with Crippen molar-refractivity contribution in [2.45, 2.75) is 121 Å². The molecule has 30 heavy (non-hydrogen) atoms. The van der Waals surface area contributed by atoms with Crippen LogP contribution in [0.4, 0.5) is 0 Å². The number of hydrogen-bond donors (Lipinski definition) is 0. The second-order valence-corrected chi connectivity index (χ2v) is 18.0. The average Bonchev–Trinajstić information content (AvgIpc) is 3.33. The van der Waals surface area contributed by atoms with E-state index in [0.717, 1.165) is 17.2 Å². The zero-order chi connectivity index (χ0) is 21.7. The Morgan fingerprint density at radius 3 is 1.67 bits per heavy atom. The molecule has 2 fully saturated rings. The number of rotatable bonds is 4. The van der Waals surface area contributed by atoms with Crippen LogP contribution in [0.25, 0.3) is 0 Å². The Hall–Kier alpha value is 0.599. The first kappa shape index (κ1) is 28.6. The molecule has 1 aromatic rings. The molecule has 2 aliphatic carbocycles. The Morgan fingerprint density at radius 1 is 0.767 bits per heavy atom. The molecule has 4 unspecified atom stereocenters. The van der Waals surface area contributed by atoms with Gasteiger partial charge in [0.05, 0.1) is 0 Å². The van der Waals surface area contributed by atoms with Gasteiger partial charge in [0.15, 0.2) is 0 Å². The molecule has 0 spiro atoms. The van der Waals surface area contributed by atoms with Gasteiger partial charge in [0, 0.05) is 17.1 Å². The second-order valence-electron chi connectivity index (χ2n) is 11.3. The molecular weight excluding hydrogens is 442 g/mol. The molecule has 0 saturated heterocycles. The van der Waals surface area contributed by atoms with E-state index in [-0.39, 0.29) is 32.9 Å². The quantitative estimate of drug-likeness (QED) is 0.292. The summed E-state index contributed by atoms with van der Waals surface area (Å²) in [6.45, 7) is 20.0. The van der Waals surface area contributed by atoms with Crippen molar-refractivity contribution in [1.82, 2.24) is 0 Å². The van der Waals surface area contributed by atoms with Crippen molar-refractivity contribution in [3.8, 4) is 0 Å². The number of benzene rings is 1. The molecule has 174 valence electrons. The van der Waals surface area contributed by atoms with E-state index in [9.17, 15) is 0 Å². The van der Waals surface area contributed by atoms with Crippen molar-refractivity contribution < 1.29 is 17.1 Å². The standard InChI is InChI=1S/C22H38P2.C5H10.Fe/c1-17(24(21(2,3)4)22(5,6)7)19-15-12-16-20(19)23(8)18-13-10-9-11-14-18;1-2-4-5-3-1;/h9-11,13-14,17,19-20H,12,15-16H2,1-8H3;1-5H2;. The van der Waals surface area contributed by atoms with E-state index in [4.69, 9.17) is 0 Å². The van der Waals surface area contributed by atoms with Crippen molar-refractivity contribution in [1.29, 1.82) is 0 Å². The summed E-state index contributed by atoms with van der Waals surface area (Å²) in [5.74, 6) is 0.922. The van der Waals surface area contributed by atoms with Crippen LogP contribution in [0.5, 0.6) is 0 Å². The van der Waals surface area contributed by atoms with E-state index in [1.54, 1.807) is 5.30 Å². The van der Waals surface area contributed by atoms with Crippen LogP contribution in [0.15, 0.2) is 30.3 Å². The summed E-state index contributed by atoms with van der Waals surface area (Å²) < 4.78 is 0. The molecular formula is C27H48FeP2. The van der Waals surface area contributed by atoms with Gasteiger partial charge in [-0.2, -0.15) is 0 Å². The Bertz CT molecular complexity index is 562. The molecule has 0 radical (unpaired) electrons. The predicted octanol–water partition coefficient (Wildman–Crippen LogP) is 9.01. The largest absolute Gasteiger partial charge is 0.0924 e. The normalized spacial score (nSPS) is 24.0. The summed E-state index contributed by atoms with van der Waals surface area (Å²) in [4.78, 5) is 0. The van der Waals surface area contributed by atoms with E-state index >= 15 is 0 Å². The van der Waals surface area contributed by atoms with Crippen LogP contribution >= 0.6 is 15.8 Å². The summed E-state index contributed by atoms with van der Waals surface area (Å²) in [5.41, 5.74) is 1.79. The Morgan fingerprint density at radius 2 is 1.23 bits per heavy atom. The monoisotopic (exact) mass is 490 g/mol. The van der Waals surface area contributed by atoms with Gasteiger partial charge in [0.1, 0.15) is 0 Å². The minimum absolute atomic E-state index is 0. The molecule has 0 aliphatic heterocycles. The maximum Gasteiger partial charge on any atom is 0 e. The molecule has 1 aromatic carbocycles. The average molecular weight is 490 g/mol. The fourth-order valence-corrected chi connectivity index (χ4v) is 14.1. The van der Waals surface area contributed by atoms with Crippen LogP contribution < -0.4 is 5.30 Å². The predicted molar refractivity (Wildman–Crippen MR) is 139 cm³/mol. The molecule has 3 rings (SSSR count). The fraction of sp³-hybridized carbons (Fsp3) is 0.778. The molecule has 0 amide bonds. The second kappa shape index (κ2) is 12.7. The molecule has 0 heterocycles. The topological polar surface area (TPSA) is 0 Å². The molecule has 2 aliphatic rings. The summed E-state index contributed by atoms with van der Waals surface area (Å²) in [6.07, 6.45) is 11.8. The van der Waals surface area contributed by atoms with Gasteiger partial charge in [-0.15, -0.1) is 0 Å². The van der Waals surface area contributed by atoms with E-state index in [1.807, 2.05) is 0 Å². The smallest absolute Gasteiger partial charge is 0 e. The first-order chi connectivity index (χ1) is 13.5. The third kappa shape index (κ3) is 8.18. The van der Waals surface area contributed by atoms with Gasteiger partial charge >= 0.3 is 0 Å². The minimum Gasteiger partial charge on any atom is -0.0924 e. The summed E-state index contributed by atoms with van der Waals surface area (Å²) >= 11 is 0. The van der Waals surface area contributed by atoms with Crippen molar-refractivity contribution in [2.24, 2.45) is 5.92 Å². The maximum absolute atomic E-state index is 2.60. The van der Waals surface area contributed by atoms with Crippen LogP contribution in [0.2, 0.25) is 0 Å². The van der Waals surface area contributed by atoms with Crippen molar-refractivity contribution >= 4 is 21.1 Å². The van der Waals surface area contributed by atoms with Gasteiger partial charge in [0.2, 0.25) is 0 Å². The Balaban J connectivity index is 0.000000655. The summed E-state index contributed by atoms with van der Waals surface area (Å²) in [5, 5.41) is 2.47. The summed E-state index contributed by atoms with van der Waals surface area (Å²) in [6, 6.07) is 11.3. The maximum atomic E-state index is 2.60. The van der Waals surface area contributed by atoms with E-state index in [0.29, 0.717) is 10.3 Å². The van der Waals surface area contributed by atoms with Crippen LogP contribution in [0.3, 0.4) is 0 Å². The van der Waals surface area contributed by atoms with Crippen molar-refractivity contribution in [3.63, 3.8) is 0 Å². The molecule has 0 nitrogen and oxygen atoms in total. The minimum atomic E-state index is -0.0347. The first-order valence-electron chi connectivity index (χ1n) is 12.1. The van der Waals surface area contributed by atoms with Crippen LogP contribution in [0.1, 0.15) is 99.8 Å². The molecule has 0 bridgehead atoms. The molecule has 2 saturated carbocycles. The van der Waals surface area contributed by atoms with E-state index in [2.05, 4.69) is 85.5 Å². The van der Waals surface area contributed by atoms with Gasteiger partial charge in [-0.05, 0) is 52.4 Å². The first-order valence-corrected chi connectivity index (χ1v) is 15.4. The third-order valence-electron chi connectivity index (χ3n) is 6.91. The Labute approximate surface area is 202 Å². The molecule has 0 N–H and O–H groups in total. The molecule has 0 aromatic heterocycles. The van der Waals surface area contributed by atoms with Crippen molar-refractivity contribution in [2.75, 3.05) is 6.66 Å².